The average molecular weight is 389 g/mol. The molecule has 0 aliphatic carbocycles. The highest BCUT2D eigenvalue weighted by atomic mass is 16.7. The second-order valence-electron chi connectivity index (χ2n) is 9.58. The number of nitrogens with zero attached hydrogens (tertiary/aromatic N) is 1. The van der Waals surface area contributed by atoms with Crippen LogP contribution >= 0.6 is 0 Å². The van der Waals surface area contributed by atoms with Gasteiger partial charge in [-0.25, -0.2) is 4.79 Å². The van der Waals surface area contributed by atoms with Gasteiger partial charge in [0.25, 0.3) is 0 Å². The molecule has 28 heavy (non-hydrogen) atoms. The molecular formula is C21H32BNO5. The predicted octanol–water partition coefficient (Wildman–Crippen LogP) is 3.37. The standard InChI is InChI=1S/C21H32BNO5/c1-19(2,3)26-18(24)23-13-12-16(23)14-25-17-10-8-15(9-11-17)22-27-20(4,5)21(6,7)28-22/h8-11,16H,12-14H2,1-7H3. The lowest BCUT2D eigenvalue weighted by molar-refractivity contribution is -0.0141. The molecule has 154 valence electrons. The molecule has 1 unspecified atom stereocenters. The number of likely N-dealkylation sites (tertiary alicyclic amines) is 1. The lowest BCUT2D eigenvalue weighted by Gasteiger charge is -2.41. The predicted molar refractivity (Wildman–Crippen MR) is 109 cm³/mol. The Hall–Kier alpha value is -1.73. The lowest BCUT2D eigenvalue weighted by Crippen LogP contribution is -2.55. The van der Waals surface area contributed by atoms with Crippen LogP contribution in [0, 0.1) is 0 Å². The van der Waals surface area contributed by atoms with Crippen molar-refractivity contribution in [3.8, 4) is 5.75 Å². The van der Waals surface area contributed by atoms with Gasteiger partial charge in [-0.15, -0.1) is 0 Å². The number of hydrogen-bond donors (Lipinski definition) is 0. The number of rotatable bonds is 4. The van der Waals surface area contributed by atoms with Gasteiger partial charge in [0.05, 0.1) is 17.2 Å². The quantitative estimate of drug-likeness (QED) is 0.739. The van der Waals surface area contributed by atoms with E-state index < -0.39 is 5.60 Å². The monoisotopic (exact) mass is 389 g/mol. The Morgan fingerprint density at radius 1 is 1.14 bits per heavy atom. The zero-order chi connectivity index (χ0) is 20.7. The van der Waals surface area contributed by atoms with Gasteiger partial charge in [0, 0.05) is 6.54 Å². The highest BCUT2D eigenvalue weighted by molar-refractivity contribution is 6.62. The van der Waals surface area contributed by atoms with Crippen LogP contribution in [0.2, 0.25) is 0 Å². The fourth-order valence-corrected chi connectivity index (χ4v) is 3.07. The molecule has 1 aromatic carbocycles. The molecule has 0 spiro atoms. The van der Waals surface area contributed by atoms with Crippen LogP contribution in [0.15, 0.2) is 24.3 Å². The zero-order valence-corrected chi connectivity index (χ0v) is 18.1. The van der Waals surface area contributed by atoms with Crippen molar-refractivity contribution in [1.29, 1.82) is 0 Å². The Labute approximate surface area is 168 Å². The van der Waals surface area contributed by atoms with E-state index in [0.29, 0.717) is 13.2 Å². The first-order valence-corrected chi connectivity index (χ1v) is 9.96. The molecule has 6 nitrogen and oxygen atoms in total. The molecule has 2 heterocycles. The third-order valence-corrected chi connectivity index (χ3v) is 5.62. The van der Waals surface area contributed by atoms with Gasteiger partial charge >= 0.3 is 13.2 Å². The summed E-state index contributed by atoms with van der Waals surface area (Å²) in [6.45, 7) is 14.9. The van der Waals surface area contributed by atoms with Gasteiger partial charge in [0.1, 0.15) is 18.0 Å². The van der Waals surface area contributed by atoms with Gasteiger partial charge in [0.2, 0.25) is 0 Å². The summed E-state index contributed by atoms with van der Waals surface area (Å²) in [4.78, 5) is 13.9. The van der Waals surface area contributed by atoms with Gasteiger partial charge in [-0.3, -0.25) is 0 Å². The summed E-state index contributed by atoms with van der Waals surface area (Å²) in [5.74, 6) is 0.760. The summed E-state index contributed by atoms with van der Waals surface area (Å²) >= 11 is 0. The minimum atomic E-state index is -0.485. The first-order valence-electron chi connectivity index (χ1n) is 9.96. The molecule has 0 N–H and O–H groups in total. The normalized spacial score (nSPS) is 23.3. The van der Waals surface area contributed by atoms with Crippen molar-refractivity contribution < 1.29 is 23.6 Å². The molecule has 0 aromatic heterocycles. The third kappa shape index (κ3) is 4.46. The average Bonchev–Trinajstić information content (AvgIpc) is 2.73. The summed E-state index contributed by atoms with van der Waals surface area (Å²) in [7, 11) is -0.381. The Balaban J connectivity index is 1.52. The van der Waals surface area contributed by atoms with Crippen LogP contribution in [0.4, 0.5) is 4.79 Å². The van der Waals surface area contributed by atoms with E-state index in [2.05, 4.69) is 0 Å². The van der Waals surface area contributed by atoms with Crippen molar-refractivity contribution in [2.75, 3.05) is 13.2 Å². The maximum Gasteiger partial charge on any atom is 0.494 e. The van der Waals surface area contributed by atoms with Crippen molar-refractivity contribution in [2.24, 2.45) is 0 Å². The van der Waals surface area contributed by atoms with E-state index in [-0.39, 0.29) is 30.5 Å². The minimum Gasteiger partial charge on any atom is -0.491 e. The van der Waals surface area contributed by atoms with Crippen LogP contribution in [0.3, 0.4) is 0 Å². The highest BCUT2D eigenvalue weighted by Crippen LogP contribution is 2.36. The third-order valence-electron chi connectivity index (χ3n) is 5.62. The van der Waals surface area contributed by atoms with Gasteiger partial charge in [0.15, 0.2) is 0 Å². The summed E-state index contributed by atoms with van der Waals surface area (Å²) in [5.41, 5.74) is -0.240. The molecule has 0 bridgehead atoms. The second-order valence-corrected chi connectivity index (χ2v) is 9.58. The first kappa shape index (κ1) is 21.0. The molecular weight excluding hydrogens is 357 g/mol. The van der Waals surface area contributed by atoms with E-state index in [1.165, 1.54) is 0 Å². The largest absolute Gasteiger partial charge is 0.494 e. The van der Waals surface area contributed by atoms with Gasteiger partial charge < -0.3 is 23.7 Å². The van der Waals surface area contributed by atoms with Gasteiger partial charge in [-0.1, -0.05) is 12.1 Å². The van der Waals surface area contributed by atoms with E-state index in [1.807, 2.05) is 72.7 Å². The number of hydrogen-bond acceptors (Lipinski definition) is 5. The van der Waals surface area contributed by atoms with Crippen molar-refractivity contribution >= 4 is 18.7 Å². The molecule has 2 fully saturated rings. The SMILES string of the molecule is CC(C)(C)OC(=O)N1CCC1COc1ccc(B2OC(C)(C)C(C)(C)O2)cc1. The van der Waals surface area contributed by atoms with E-state index >= 15 is 0 Å². The summed E-state index contributed by atoms with van der Waals surface area (Å²) in [5, 5.41) is 0. The van der Waals surface area contributed by atoms with Crippen molar-refractivity contribution in [2.45, 2.75) is 77.7 Å². The fraction of sp³-hybridized carbons (Fsp3) is 0.667. The molecule has 1 atom stereocenters. The minimum absolute atomic E-state index is 0.0534. The van der Waals surface area contributed by atoms with Crippen LogP contribution in [-0.2, 0) is 14.0 Å². The maximum atomic E-state index is 12.2. The molecule has 7 heteroatoms. The van der Waals surface area contributed by atoms with E-state index in [1.54, 1.807) is 4.90 Å². The van der Waals surface area contributed by atoms with Crippen molar-refractivity contribution in [3.63, 3.8) is 0 Å². The van der Waals surface area contributed by atoms with E-state index in [4.69, 9.17) is 18.8 Å². The van der Waals surface area contributed by atoms with Crippen LogP contribution in [0.1, 0.15) is 54.9 Å². The molecule has 0 radical (unpaired) electrons. The van der Waals surface area contributed by atoms with E-state index in [0.717, 1.165) is 17.6 Å². The Morgan fingerprint density at radius 3 is 2.18 bits per heavy atom. The van der Waals surface area contributed by atoms with E-state index in [9.17, 15) is 4.79 Å². The summed E-state index contributed by atoms with van der Waals surface area (Å²) < 4.78 is 23.5. The highest BCUT2D eigenvalue weighted by Gasteiger charge is 2.51. The van der Waals surface area contributed by atoms with Crippen molar-refractivity contribution in [3.05, 3.63) is 24.3 Å². The van der Waals surface area contributed by atoms with Gasteiger partial charge in [-0.05, 0) is 72.5 Å². The number of carbonyl (C=O) groups excluding carboxylic acids is 1. The summed E-state index contributed by atoms with van der Waals surface area (Å²) in [6.07, 6.45) is 0.647. The zero-order valence-electron chi connectivity index (χ0n) is 18.1. The number of ether oxygens (including phenoxy) is 2. The molecule has 2 aliphatic rings. The van der Waals surface area contributed by atoms with Gasteiger partial charge in [-0.2, -0.15) is 0 Å². The van der Waals surface area contributed by atoms with Crippen LogP contribution in [-0.4, -0.2) is 54.1 Å². The molecule has 0 saturated carbocycles. The Morgan fingerprint density at radius 2 is 1.71 bits per heavy atom. The molecule has 2 aliphatic heterocycles. The maximum absolute atomic E-state index is 12.2. The van der Waals surface area contributed by atoms with Crippen LogP contribution in [0.5, 0.6) is 5.75 Å². The Bertz CT molecular complexity index is 695. The van der Waals surface area contributed by atoms with Crippen molar-refractivity contribution in [1.82, 2.24) is 4.90 Å². The first-order chi connectivity index (χ1) is 12.9. The number of benzene rings is 1. The molecule has 1 aromatic rings. The fourth-order valence-electron chi connectivity index (χ4n) is 3.07. The molecule has 3 rings (SSSR count). The second kappa shape index (κ2) is 7.27. The topological polar surface area (TPSA) is 57.2 Å². The summed E-state index contributed by atoms with van der Waals surface area (Å²) in [6, 6.07) is 7.80. The Kier molecular flexibility index (Phi) is 5.45. The van der Waals surface area contributed by atoms with Crippen LogP contribution < -0.4 is 10.2 Å². The van der Waals surface area contributed by atoms with Crippen LogP contribution in [0.25, 0.3) is 0 Å². The lowest BCUT2D eigenvalue weighted by atomic mass is 9.79. The smallest absolute Gasteiger partial charge is 0.491 e. The molecule has 1 amide bonds. The number of carbonyl (C=O) groups is 1. The molecule has 2 saturated heterocycles. The number of amides is 1.